The Morgan fingerprint density at radius 1 is 1.33 bits per heavy atom. The van der Waals surface area contributed by atoms with Gasteiger partial charge in [-0.3, -0.25) is 4.79 Å². The molecule has 5 atom stereocenters. The van der Waals surface area contributed by atoms with Gasteiger partial charge >= 0.3 is 0 Å². The lowest BCUT2D eigenvalue weighted by molar-refractivity contribution is -0.127. The predicted octanol–water partition coefficient (Wildman–Crippen LogP) is 6.54. The van der Waals surface area contributed by atoms with E-state index in [9.17, 15) is 4.79 Å². The predicted molar refractivity (Wildman–Crippen MR) is 116 cm³/mol. The number of Topliss-reactive ketones (excluding diaryl/α,β-unsaturated/α-hetero) is 1. The van der Waals surface area contributed by atoms with Crippen LogP contribution >= 0.6 is 0 Å². The average molecular weight is 389 g/mol. The molecule has 0 aromatic rings. The third kappa shape index (κ3) is 3.79. The summed E-state index contributed by atoms with van der Waals surface area (Å²) in [5, 5.41) is 0.211. The molecule has 0 aliphatic heterocycles. The number of ketones is 1. The second kappa shape index (κ2) is 7.30. The summed E-state index contributed by atoms with van der Waals surface area (Å²) in [6, 6.07) is 0. The Balaban J connectivity index is 1.78. The standard InChI is InChI=1S/C24H40O2Si/c1-8-9-11-18(16-26-27(6,7)23(2,3)4)19-14-13-17-12-10-15-24(5)20(17)21(24)22(19)25/h8-9,12,18-21H,10-11,13-16H2,1-7H3/b9-8+/t18-,19-,20+,21+,24+/m1/s1. The topological polar surface area (TPSA) is 26.3 Å². The third-order valence-corrected chi connectivity index (χ3v) is 12.8. The quantitative estimate of drug-likeness (QED) is 0.381. The largest absolute Gasteiger partial charge is 0.417 e. The maximum Gasteiger partial charge on any atom is 0.191 e. The minimum atomic E-state index is -1.80. The van der Waals surface area contributed by atoms with Crippen molar-refractivity contribution in [2.24, 2.45) is 29.1 Å². The molecule has 3 heteroatoms. The molecule has 0 spiro atoms. The van der Waals surface area contributed by atoms with Crippen molar-refractivity contribution in [1.82, 2.24) is 0 Å². The van der Waals surface area contributed by atoms with Gasteiger partial charge in [-0.25, -0.2) is 0 Å². The molecule has 2 saturated carbocycles. The van der Waals surface area contributed by atoms with Crippen LogP contribution in [0.1, 0.15) is 66.7 Å². The van der Waals surface area contributed by atoms with Gasteiger partial charge in [-0.2, -0.15) is 0 Å². The Morgan fingerprint density at radius 3 is 2.67 bits per heavy atom. The maximum absolute atomic E-state index is 13.6. The molecule has 0 aromatic heterocycles. The van der Waals surface area contributed by atoms with E-state index in [1.165, 1.54) is 12.8 Å². The second-order valence-corrected chi connectivity index (χ2v) is 15.8. The van der Waals surface area contributed by atoms with E-state index in [2.05, 4.69) is 65.9 Å². The van der Waals surface area contributed by atoms with Crippen LogP contribution in [-0.4, -0.2) is 20.7 Å². The highest BCUT2D eigenvalue weighted by molar-refractivity contribution is 6.74. The molecule has 2 fully saturated rings. The highest BCUT2D eigenvalue weighted by atomic mass is 28.4. The molecule has 0 bridgehead atoms. The van der Waals surface area contributed by atoms with Crippen LogP contribution in [0.3, 0.4) is 0 Å². The van der Waals surface area contributed by atoms with Crippen molar-refractivity contribution in [2.75, 3.05) is 6.61 Å². The summed E-state index contributed by atoms with van der Waals surface area (Å²) < 4.78 is 6.60. The van der Waals surface area contributed by atoms with Gasteiger partial charge in [0.25, 0.3) is 0 Å². The zero-order valence-corrected chi connectivity index (χ0v) is 19.6. The molecule has 0 saturated heterocycles. The van der Waals surface area contributed by atoms with Crippen LogP contribution in [0, 0.1) is 29.1 Å². The Hall–Kier alpha value is -0.673. The van der Waals surface area contributed by atoms with Gasteiger partial charge in [0.2, 0.25) is 0 Å². The zero-order valence-electron chi connectivity index (χ0n) is 18.6. The van der Waals surface area contributed by atoms with E-state index in [-0.39, 0.29) is 16.4 Å². The number of carbonyl (C=O) groups is 1. The summed E-state index contributed by atoms with van der Waals surface area (Å²) in [6.45, 7) is 16.7. The van der Waals surface area contributed by atoms with Crippen LogP contribution in [-0.2, 0) is 9.22 Å². The lowest BCUT2D eigenvalue weighted by Gasteiger charge is -2.38. The minimum absolute atomic E-state index is 0.171. The number of allylic oxidation sites excluding steroid dienone is 4. The van der Waals surface area contributed by atoms with Gasteiger partial charge < -0.3 is 4.43 Å². The number of rotatable bonds is 6. The van der Waals surface area contributed by atoms with Crippen molar-refractivity contribution >= 4 is 14.1 Å². The van der Waals surface area contributed by atoms with Gasteiger partial charge in [-0.05, 0) is 74.4 Å². The molecule has 0 N–H and O–H groups in total. The zero-order chi connectivity index (χ0) is 20.0. The Labute approximate surface area is 168 Å². The fourth-order valence-corrected chi connectivity index (χ4v) is 6.37. The van der Waals surface area contributed by atoms with Gasteiger partial charge in [0, 0.05) is 18.4 Å². The van der Waals surface area contributed by atoms with Crippen LogP contribution in [0.2, 0.25) is 18.1 Å². The Morgan fingerprint density at radius 2 is 2.04 bits per heavy atom. The van der Waals surface area contributed by atoms with Crippen LogP contribution in [0.5, 0.6) is 0 Å². The van der Waals surface area contributed by atoms with E-state index in [0.29, 0.717) is 23.5 Å². The summed E-state index contributed by atoms with van der Waals surface area (Å²) in [4.78, 5) is 13.6. The molecule has 0 amide bonds. The number of carbonyl (C=O) groups excluding carboxylic acids is 1. The lowest BCUT2D eigenvalue weighted by atomic mass is 9.78. The first kappa shape index (κ1) is 21.0. The smallest absolute Gasteiger partial charge is 0.191 e. The molecule has 27 heavy (non-hydrogen) atoms. The van der Waals surface area contributed by atoms with Crippen molar-refractivity contribution < 1.29 is 9.22 Å². The molecule has 3 aliphatic carbocycles. The van der Waals surface area contributed by atoms with Crippen molar-refractivity contribution in [2.45, 2.75) is 84.9 Å². The van der Waals surface area contributed by atoms with Crippen LogP contribution in [0.4, 0.5) is 0 Å². The van der Waals surface area contributed by atoms with Gasteiger partial charge in [0.05, 0.1) is 0 Å². The van der Waals surface area contributed by atoms with Gasteiger partial charge in [0.1, 0.15) is 5.78 Å². The molecular weight excluding hydrogens is 348 g/mol. The lowest BCUT2D eigenvalue weighted by Crippen LogP contribution is -2.43. The normalized spacial score (nSPS) is 34.9. The van der Waals surface area contributed by atoms with E-state index >= 15 is 0 Å². The molecule has 152 valence electrons. The molecule has 0 radical (unpaired) electrons. The fourth-order valence-electron chi connectivity index (χ4n) is 5.31. The highest BCUT2D eigenvalue weighted by Gasteiger charge is 2.67. The monoisotopic (exact) mass is 388 g/mol. The molecule has 3 rings (SSSR count). The summed E-state index contributed by atoms with van der Waals surface area (Å²) >= 11 is 0. The molecule has 3 aliphatic rings. The molecule has 0 heterocycles. The van der Waals surface area contributed by atoms with Crippen molar-refractivity contribution in [1.29, 1.82) is 0 Å². The SMILES string of the molecule is C/C=C/C[C@H](CO[Si](C)(C)C(C)(C)C)[C@H]1CCC2=CCC[C@]3(C)[C@H](C1=O)[C@H]23. The first-order valence-corrected chi connectivity index (χ1v) is 13.9. The van der Waals surface area contributed by atoms with E-state index in [0.717, 1.165) is 25.9 Å². The average Bonchev–Trinajstić information content (AvgIpc) is 3.24. The number of hydrogen-bond acceptors (Lipinski definition) is 2. The van der Waals surface area contributed by atoms with Gasteiger partial charge in [0.15, 0.2) is 8.32 Å². The van der Waals surface area contributed by atoms with Crippen LogP contribution < -0.4 is 0 Å². The van der Waals surface area contributed by atoms with Gasteiger partial charge in [-0.15, -0.1) is 0 Å². The van der Waals surface area contributed by atoms with Crippen LogP contribution in [0.25, 0.3) is 0 Å². The first-order valence-electron chi connectivity index (χ1n) is 11.0. The fraction of sp³-hybridized carbons (Fsp3) is 0.792. The molecule has 2 nitrogen and oxygen atoms in total. The van der Waals surface area contributed by atoms with E-state index in [1.54, 1.807) is 5.57 Å². The van der Waals surface area contributed by atoms with Crippen molar-refractivity contribution in [3.8, 4) is 0 Å². The summed E-state index contributed by atoms with van der Waals surface area (Å²) in [7, 11) is -1.80. The molecule has 0 unspecified atom stereocenters. The van der Waals surface area contributed by atoms with E-state index in [4.69, 9.17) is 4.43 Å². The van der Waals surface area contributed by atoms with Crippen molar-refractivity contribution in [3.05, 3.63) is 23.8 Å². The molecule has 0 aromatic carbocycles. The van der Waals surface area contributed by atoms with Gasteiger partial charge in [-0.1, -0.05) is 51.5 Å². The van der Waals surface area contributed by atoms with E-state index in [1.807, 2.05) is 0 Å². The summed E-state index contributed by atoms with van der Waals surface area (Å²) in [5.41, 5.74) is 1.87. The highest BCUT2D eigenvalue weighted by Crippen LogP contribution is 2.69. The third-order valence-electron chi connectivity index (χ3n) is 8.26. The maximum atomic E-state index is 13.6. The van der Waals surface area contributed by atoms with Crippen LogP contribution in [0.15, 0.2) is 23.8 Å². The summed E-state index contributed by atoms with van der Waals surface area (Å²) in [6.07, 6.45) is 12.3. The Kier molecular flexibility index (Phi) is 5.69. The van der Waals surface area contributed by atoms with Crippen molar-refractivity contribution in [3.63, 3.8) is 0 Å². The minimum Gasteiger partial charge on any atom is -0.417 e. The van der Waals surface area contributed by atoms with E-state index < -0.39 is 8.32 Å². The first-order chi connectivity index (χ1) is 12.5. The number of fused-ring (bicyclic) bond motifs is 1. The number of hydrogen-bond donors (Lipinski definition) is 0. The Bertz CT molecular complexity index is 639. The second-order valence-electron chi connectivity index (χ2n) is 11.0. The molecular formula is C24H40O2Si. The summed E-state index contributed by atoms with van der Waals surface area (Å²) in [5.74, 6) is 1.91.